The molecule has 0 saturated heterocycles. The second-order valence-corrected chi connectivity index (χ2v) is 19.3. The monoisotopic (exact) mass is 819 g/mol. The highest BCUT2D eigenvalue weighted by atomic mass is 15.2. The van der Waals surface area contributed by atoms with Gasteiger partial charge in [0.15, 0.2) is 0 Å². The maximum absolute atomic E-state index is 4.23. The van der Waals surface area contributed by atoms with Gasteiger partial charge in [-0.15, -0.1) is 13.2 Å². The van der Waals surface area contributed by atoms with Crippen LogP contribution in [0.2, 0.25) is 0 Å². The van der Waals surface area contributed by atoms with E-state index in [1.165, 1.54) is 72.8 Å². The summed E-state index contributed by atoms with van der Waals surface area (Å²) in [5, 5.41) is 0. The molecule has 0 saturated carbocycles. The molecule has 320 valence electrons. The molecule has 0 aromatic heterocycles. The normalized spacial score (nSPS) is 15.2. The molecule has 2 atom stereocenters. The Bertz CT molecular complexity index is 2390. The standard InChI is InChI=1S/C60H70N2/c1-12-15-21-46(14-3)48-25-31-55(32-26-48)62(56-35-29-52(30-36-56)60(9,10)11)58-41-45(5)39-51(43-58)50-38-44(4)40-57(42-50)61(53(20-13-2)24-19-37-59(6,7)8)54-33-27-49(28-34-54)47-22-17-16-18-23-47/h12-14,16-19,22-36,38-42,53,58H,1-2,15,20-21,37,43H2,3-11H3/b24-19-,46-14+/t53-,58+/m1/s1. The highest BCUT2D eigenvalue weighted by Gasteiger charge is 2.26. The lowest BCUT2D eigenvalue weighted by atomic mass is 9.86. The third-order valence-corrected chi connectivity index (χ3v) is 11.9. The second kappa shape index (κ2) is 20.3. The van der Waals surface area contributed by atoms with Crippen LogP contribution in [-0.4, -0.2) is 12.1 Å². The zero-order chi connectivity index (χ0) is 44.4. The minimum Gasteiger partial charge on any atom is -0.334 e. The Hall–Kier alpha value is -5.86. The number of anilines is 4. The number of benzene rings is 5. The minimum absolute atomic E-state index is 0.0737. The van der Waals surface area contributed by atoms with Gasteiger partial charge in [-0.25, -0.2) is 0 Å². The molecule has 0 aliphatic heterocycles. The van der Waals surface area contributed by atoms with Crippen molar-refractivity contribution in [2.45, 2.75) is 112 Å². The lowest BCUT2D eigenvalue weighted by molar-refractivity contribution is 0.420. The highest BCUT2D eigenvalue weighted by molar-refractivity contribution is 5.79. The number of hydrogen-bond donors (Lipinski definition) is 0. The average molecular weight is 819 g/mol. The molecule has 5 aromatic carbocycles. The summed E-state index contributed by atoms with van der Waals surface area (Å²) in [6.07, 6.45) is 20.6. The van der Waals surface area contributed by atoms with Crippen molar-refractivity contribution in [2.24, 2.45) is 5.41 Å². The van der Waals surface area contributed by atoms with Crippen LogP contribution < -0.4 is 9.80 Å². The molecular weight excluding hydrogens is 749 g/mol. The molecule has 0 bridgehead atoms. The highest BCUT2D eigenvalue weighted by Crippen LogP contribution is 2.40. The van der Waals surface area contributed by atoms with E-state index >= 15 is 0 Å². The molecule has 0 unspecified atom stereocenters. The van der Waals surface area contributed by atoms with Crippen molar-refractivity contribution >= 4 is 33.9 Å². The molecule has 0 amide bonds. The third-order valence-electron chi connectivity index (χ3n) is 11.9. The second-order valence-electron chi connectivity index (χ2n) is 19.3. The van der Waals surface area contributed by atoms with E-state index in [4.69, 9.17) is 0 Å². The summed E-state index contributed by atoms with van der Waals surface area (Å²) in [6.45, 7) is 28.6. The first kappa shape index (κ1) is 45.7. The van der Waals surface area contributed by atoms with Crippen LogP contribution in [0.4, 0.5) is 22.7 Å². The van der Waals surface area contributed by atoms with Gasteiger partial charge in [0.25, 0.3) is 0 Å². The van der Waals surface area contributed by atoms with E-state index in [-0.39, 0.29) is 22.9 Å². The van der Waals surface area contributed by atoms with E-state index in [2.05, 4.69) is 243 Å². The van der Waals surface area contributed by atoms with Crippen LogP contribution in [0.3, 0.4) is 0 Å². The fourth-order valence-corrected chi connectivity index (χ4v) is 8.62. The van der Waals surface area contributed by atoms with Crippen molar-refractivity contribution in [3.63, 3.8) is 0 Å². The Morgan fingerprint density at radius 2 is 1.34 bits per heavy atom. The molecule has 62 heavy (non-hydrogen) atoms. The average Bonchev–Trinajstić information content (AvgIpc) is 3.24. The third kappa shape index (κ3) is 11.7. The number of aryl methyl sites for hydroxylation is 1. The topological polar surface area (TPSA) is 6.48 Å². The van der Waals surface area contributed by atoms with Gasteiger partial charge in [-0.2, -0.15) is 0 Å². The Labute approximate surface area is 375 Å². The summed E-state index contributed by atoms with van der Waals surface area (Å²) in [4.78, 5) is 5.07. The maximum atomic E-state index is 4.23. The number of hydrogen-bond acceptors (Lipinski definition) is 2. The van der Waals surface area contributed by atoms with Crippen molar-refractivity contribution in [1.29, 1.82) is 0 Å². The van der Waals surface area contributed by atoms with Crippen molar-refractivity contribution in [3.8, 4) is 11.1 Å². The Morgan fingerprint density at radius 3 is 1.94 bits per heavy atom. The Morgan fingerprint density at radius 1 is 0.710 bits per heavy atom. The van der Waals surface area contributed by atoms with Crippen LogP contribution in [0.15, 0.2) is 183 Å². The fourth-order valence-electron chi connectivity index (χ4n) is 8.62. The number of rotatable bonds is 16. The first-order valence-corrected chi connectivity index (χ1v) is 22.7. The SMILES string of the molecule is C=CCC/C(=C\C)c1ccc(N(c2ccc(C(C)(C)C)cc2)[C@H]2C=C(C)C=C(c3cc(C)cc(N(c4ccc(-c5ccccc5)cc4)[C@@H](/C=C\CC(C)(C)C)CC=C)c3)C2)cc1. The first-order valence-electron chi connectivity index (χ1n) is 22.7. The van der Waals surface area contributed by atoms with Crippen molar-refractivity contribution in [2.75, 3.05) is 9.80 Å². The predicted octanol–water partition coefficient (Wildman–Crippen LogP) is 17.3. The number of nitrogens with zero attached hydrogens (tertiary/aromatic N) is 2. The molecule has 2 heteroatoms. The van der Waals surface area contributed by atoms with Crippen molar-refractivity contribution in [1.82, 2.24) is 0 Å². The first-order chi connectivity index (χ1) is 29.7. The lowest BCUT2D eigenvalue weighted by Gasteiger charge is -2.36. The van der Waals surface area contributed by atoms with Gasteiger partial charge in [0, 0.05) is 22.7 Å². The molecule has 0 fully saturated rings. The summed E-state index contributed by atoms with van der Waals surface area (Å²) < 4.78 is 0. The molecule has 1 aliphatic rings. The quantitative estimate of drug-likeness (QED) is 0.0915. The van der Waals surface area contributed by atoms with Crippen LogP contribution >= 0.6 is 0 Å². The van der Waals surface area contributed by atoms with Crippen molar-refractivity contribution in [3.05, 3.63) is 205 Å². The van der Waals surface area contributed by atoms with Crippen LogP contribution in [0.25, 0.3) is 22.3 Å². The van der Waals surface area contributed by atoms with Gasteiger partial charge in [0.05, 0.1) is 12.1 Å². The molecule has 2 nitrogen and oxygen atoms in total. The van der Waals surface area contributed by atoms with Crippen LogP contribution in [0, 0.1) is 12.3 Å². The molecule has 6 rings (SSSR count). The smallest absolute Gasteiger partial charge is 0.0568 e. The molecule has 5 aromatic rings. The number of allylic oxidation sites excluding steroid dienone is 6. The van der Waals surface area contributed by atoms with Crippen LogP contribution in [0.5, 0.6) is 0 Å². The van der Waals surface area contributed by atoms with E-state index < -0.39 is 0 Å². The van der Waals surface area contributed by atoms with Crippen LogP contribution in [0.1, 0.15) is 110 Å². The zero-order valence-electron chi connectivity index (χ0n) is 39.1. The van der Waals surface area contributed by atoms with Gasteiger partial charge < -0.3 is 9.80 Å². The van der Waals surface area contributed by atoms with Crippen LogP contribution in [-0.2, 0) is 5.41 Å². The minimum atomic E-state index is 0.0737. The Kier molecular flexibility index (Phi) is 15.0. The summed E-state index contributed by atoms with van der Waals surface area (Å²) in [6, 6.07) is 45.6. The molecule has 0 spiro atoms. The molecular formula is C60H70N2. The molecule has 0 N–H and O–H groups in total. The van der Waals surface area contributed by atoms with Gasteiger partial charge in [-0.1, -0.05) is 162 Å². The van der Waals surface area contributed by atoms with Gasteiger partial charge in [-0.05, 0) is 157 Å². The molecule has 0 heterocycles. The Balaban J connectivity index is 1.41. The summed E-state index contributed by atoms with van der Waals surface area (Å²) in [7, 11) is 0. The van der Waals surface area contributed by atoms with Gasteiger partial charge in [0.2, 0.25) is 0 Å². The van der Waals surface area contributed by atoms with Gasteiger partial charge in [-0.3, -0.25) is 0 Å². The largest absolute Gasteiger partial charge is 0.334 e. The van der Waals surface area contributed by atoms with E-state index in [0.29, 0.717) is 0 Å². The summed E-state index contributed by atoms with van der Waals surface area (Å²) >= 11 is 0. The maximum Gasteiger partial charge on any atom is 0.0568 e. The molecule has 1 aliphatic carbocycles. The summed E-state index contributed by atoms with van der Waals surface area (Å²) in [5.74, 6) is 0. The van der Waals surface area contributed by atoms with Gasteiger partial charge >= 0.3 is 0 Å². The van der Waals surface area contributed by atoms with E-state index in [9.17, 15) is 0 Å². The summed E-state index contributed by atoms with van der Waals surface area (Å²) in [5.41, 5.74) is 16.5. The van der Waals surface area contributed by atoms with E-state index in [1.54, 1.807) is 0 Å². The van der Waals surface area contributed by atoms with Crippen molar-refractivity contribution < 1.29 is 0 Å². The predicted molar refractivity (Wildman–Crippen MR) is 274 cm³/mol. The lowest BCUT2D eigenvalue weighted by Crippen LogP contribution is -2.31. The van der Waals surface area contributed by atoms with Gasteiger partial charge in [0.1, 0.15) is 0 Å². The van der Waals surface area contributed by atoms with E-state index in [0.717, 1.165) is 32.1 Å². The molecule has 0 radical (unpaired) electrons. The van der Waals surface area contributed by atoms with E-state index in [1.807, 2.05) is 6.08 Å². The zero-order valence-corrected chi connectivity index (χ0v) is 39.1. The fraction of sp³-hybridized carbons (Fsp3) is 0.300.